The molecule has 1 atom stereocenters. The number of nitrogens with zero attached hydrogens (tertiary/aromatic N) is 2. The monoisotopic (exact) mass is 258 g/mol. The van der Waals surface area contributed by atoms with Crippen molar-refractivity contribution in [1.29, 1.82) is 5.26 Å². The van der Waals surface area contributed by atoms with E-state index in [1.165, 1.54) is 9.78 Å². The molecular weight excluding hydrogens is 244 g/mol. The minimum absolute atomic E-state index is 0.00569. The van der Waals surface area contributed by atoms with Gasteiger partial charge in [0, 0.05) is 4.88 Å². The molecule has 0 saturated heterocycles. The summed E-state index contributed by atoms with van der Waals surface area (Å²) >= 11 is 1.71. The zero-order valence-corrected chi connectivity index (χ0v) is 10.9. The molecule has 4 heteroatoms. The molecule has 0 saturated carbocycles. The molecule has 1 aromatic rings. The summed E-state index contributed by atoms with van der Waals surface area (Å²) in [5, 5.41) is 10.8. The van der Waals surface area contributed by atoms with Gasteiger partial charge in [0.05, 0.1) is 18.5 Å². The zero-order chi connectivity index (χ0) is 13.0. The number of terminal acetylenes is 1. The van der Waals surface area contributed by atoms with Crippen LogP contribution in [0.2, 0.25) is 0 Å². The van der Waals surface area contributed by atoms with E-state index >= 15 is 0 Å². The summed E-state index contributed by atoms with van der Waals surface area (Å²) < 4.78 is 0. The second-order valence-electron chi connectivity index (χ2n) is 4.30. The number of aryl methyl sites for hydroxylation is 1. The third-order valence-electron chi connectivity index (χ3n) is 3.21. The summed E-state index contributed by atoms with van der Waals surface area (Å²) in [6.45, 7) is 0.279. The smallest absolute Gasteiger partial charge is 0.231 e. The molecule has 0 bridgehead atoms. The normalized spacial score (nSPS) is 17.3. The van der Waals surface area contributed by atoms with Crippen molar-refractivity contribution in [2.45, 2.75) is 25.2 Å². The minimum Gasteiger partial charge on any atom is -0.318 e. The van der Waals surface area contributed by atoms with Gasteiger partial charge in [-0.3, -0.25) is 4.79 Å². The molecule has 2 rings (SSSR count). The van der Waals surface area contributed by atoms with E-state index in [0.29, 0.717) is 0 Å². The van der Waals surface area contributed by atoms with Crippen molar-refractivity contribution < 1.29 is 4.79 Å². The highest BCUT2D eigenvalue weighted by atomic mass is 32.1. The van der Waals surface area contributed by atoms with Gasteiger partial charge in [0.1, 0.15) is 6.54 Å². The molecule has 0 spiro atoms. The lowest BCUT2D eigenvalue weighted by atomic mass is 9.86. The van der Waals surface area contributed by atoms with Crippen LogP contribution < -0.4 is 0 Å². The highest BCUT2D eigenvalue weighted by molar-refractivity contribution is 7.10. The van der Waals surface area contributed by atoms with E-state index in [1.807, 2.05) is 17.5 Å². The van der Waals surface area contributed by atoms with Crippen LogP contribution in [0.4, 0.5) is 0 Å². The highest BCUT2D eigenvalue weighted by Gasteiger charge is 2.30. The predicted octanol–water partition coefficient (Wildman–Crippen LogP) is 2.15. The second-order valence-corrected chi connectivity index (χ2v) is 5.30. The van der Waals surface area contributed by atoms with Gasteiger partial charge >= 0.3 is 0 Å². The number of hydrogen-bond donors (Lipinski definition) is 0. The Hall–Kier alpha value is -1.78. The molecule has 0 aromatic carbocycles. The van der Waals surface area contributed by atoms with Crippen molar-refractivity contribution >= 4 is 17.2 Å². The largest absolute Gasteiger partial charge is 0.318 e. The Balaban J connectivity index is 2.20. The lowest BCUT2D eigenvalue weighted by Crippen LogP contribution is -2.36. The van der Waals surface area contributed by atoms with Crippen LogP contribution in [0.1, 0.15) is 29.2 Å². The summed E-state index contributed by atoms with van der Waals surface area (Å²) in [5.41, 5.74) is 1.14. The molecule has 1 aliphatic rings. The first-order chi connectivity index (χ1) is 8.77. The Morgan fingerprint density at radius 3 is 3.17 bits per heavy atom. The number of fused-ring (bicyclic) bond motifs is 1. The molecule has 1 aromatic heterocycles. The maximum atomic E-state index is 12.4. The molecule has 18 heavy (non-hydrogen) atoms. The van der Waals surface area contributed by atoms with Gasteiger partial charge in [0.25, 0.3) is 0 Å². The van der Waals surface area contributed by atoms with Gasteiger partial charge in [-0.1, -0.05) is 5.92 Å². The molecule has 1 amide bonds. The van der Waals surface area contributed by atoms with E-state index in [9.17, 15) is 4.79 Å². The summed E-state index contributed by atoms with van der Waals surface area (Å²) in [6.07, 6.45) is 8.19. The lowest BCUT2D eigenvalue weighted by Gasteiger charge is -2.26. The zero-order valence-electron chi connectivity index (χ0n) is 10.1. The molecule has 1 heterocycles. The first-order valence-electron chi connectivity index (χ1n) is 5.93. The Labute approximate surface area is 111 Å². The van der Waals surface area contributed by atoms with Gasteiger partial charge < -0.3 is 4.90 Å². The average molecular weight is 258 g/mol. The minimum atomic E-state index is -0.110. The molecule has 0 N–H and O–H groups in total. The first kappa shape index (κ1) is 12.7. The van der Waals surface area contributed by atoms with Crippen molar-refractivity contribution in [3.8, 4) is 18.4 Å². The van der Waals surface area contributed by atoms with E-state index in [2.05, 4.69) is 5.92 Å². The standard InChI is InChI=1S/C14H14N2OS/c1-2-8-16(9-7-15)14(17)12-4-3-5-13-11(12)6-10-18-13/h1,6,10,12H,3-5,8-9H2. The third-order valence-corrected chi connectivity index (χ3v) is 4.20. The van der Waals surface area contributed by atoms with Crippen LogP contribution in [0.5, 0.6) is 0 Å². The molecule has 3 nitrogen and oxygen atoms in total. The van der Waals surface area contributed by atoms with E-state index < -0.39 is 0 Å². The van der Waals surface area contributed by atoms with Gasteiger partial charge in [-0.2, -0.15) is 5.26 Å². The highest BCUT2D eigenvalue weighted by Crippen LogP contribution is 2.35. The Morgan fingerprint density at radius 1 is 1.61 bits per heavy atom. The van der Waals surface area contributed by atoms with Gasteiger partial charge in [-0.15, -0.1) is 17.8 Å². The number of rotatable bonds is 3. The first-order valence-corrected chi connectivity index (χ1v) is 6.81. The van der Waals surface area contributed by atoms with Crippen LogP contribution in [0.15, 0.2) is 11.4 Å². The van der Waals surface area contributed by atoms with Crippen LogP contribution in [0, 0.1) is 23.7 Å². The van der Waals surface area contributed by atoms with Gasteiger partial charge in [0.2, 0.25) is 5.91 Å². The van der Waals surface area contributed by atoms with E-state index in [4.69, 9.17) is 11.7 Å². The van der Waals surface area contributed by atoms with Gasteiger partial charge in [-0.25, -0.2) is 0 Å². The topological polar surface area (TPSA) is 44.1 Å². The number of thiophene rings is 1. The predicted molar refractivity (Wildman–Crippen MR) is 71.0 cm³/mol. The van der Waals surface area contributed by atoms with E-state index in [0.717, 1.165) is 24.8 Å². The maximum Gasteiger partial charge on any atom is 0.231 e. The molecule has 1 aliphatic carbocycles. The van der Waals surface area contributed by atoms with E-state index in [1.54, 1.807) is 11.3 Å². The van der Waals surface area contributed by atoms with Crippen LogP contribution in [-0.4, -0.2) is 23.9 Å². The molecule has 0 radical (unpaired) electrons. The van der Waals surface area contributed by atoms with Crippen molar-refractivity contribution in [2.75, 3.05) is 13.1 Å². The molecular formula is C14H14N2OS. The fourth-order valence-electron chi connectivity index (χ4n) is 2.37. The second kappa shape index (κ2) is 5.71. The maximum absolute atomic E-state index is 12.4. The molecule has 92 valence electrons. The number of amides is 1. The fourth-order valence-corrected chi connectivity index (χ4v) is 3.36. The van der Waals surface area contributed by atoms with E-state index in [-0.39, 0.29) is 24.9 Å². The number of carbonyl (C=O) groups is 1. The summed E-state index contributed by atoms with van der Waals surface area (Å²) in [5.74, 6) is 2.33. The van der Waals surface area contributed by atoms with Crippen molar-refractivity contribution in [3.63, 3.8) is 0 Å². The van der Waals surface area contributed by atoms with Crippen molar-refractivity contribution in [3.05, 3.63) is 21.9 Å². The molecule has 1 unspecified atom stereocenters. The Bertz CT molecular complexity index is 505. The fraction of sp³-hybridized carbons (Fsp3) is 0.429. The lowest BCUT2D eigenvalue weighted by molar-refractivity contribution is -0.131. The number of hydrogen-bond acceptors (Lipinski definition) is 3. The van der Waals surface area contributed by atoms with Crippen LogP contribution in [0.3, 0.4) is 0 Å². The van der Waals surface area contributed by atoms with Crippen LogP contribution in [-0.2, 0) is 11.2 Å². The molecule has 0 aliphatic heterocycles. The molecule has 0 fully saturated rings. The summed E-state index contributed by atoms with van der Waals surface area (Å²) in [6, 6.07) is 4.03. The van der Waals surface area contributed by atoms with Crippen LogP contribution >= 0.6 is 11.3 Å². The summed E-state index contributed by atoms with van der Waals surface area (Å²) in [4.78, 5) is 15.2. The van der Waals surface area contributed by atoms with Gasteiger partial charge in [-0.05, 0) is 36.3 Å². The Kier molecular flexibility index (Phi) is 4.02. The quantitative estimate of drug-likeness (QED) is 0.616. The average Bonchev–Trinajstić information content (AvgIpc) is 2.85. The third kappa shape index (κ3) is 2.39. The Morgan fingerprint density at radius 2 is 2.44 bits per heavy atom. The SMILES string of the molecule is C#CCN(CC#N)C(=O)C1CCCc2sccc21. The number of nitriles is 1. The van der Waals surface area contributed by atoms with Crippen molar-refractivity contribution in [1.82, 2.24) is 4.90 Å². The van der Waals surface area contributed by atoms with Crippen LogP contribution in [0.25, 0.3) is 0 Å². The van der Waals surface area contributed by atoms with Gasteiger partial charge in [0.15, 0.2) is 0 Å². The number of carbonyl (C=O) groups excluding carboxylic acids is 1. The summed E-state index contributed by atoms with van der Waals surface area (Å²) in [7, 11) is 0. The van der Waals surface area contributed by atoms with Crippen molar-refractivity contribution in [2.24, 2.45) is 0 Å².